The van der Waals surface area contributed by atoms with Crippen LogP contribution in [0, 0.1) is 0 Å². The van der Waals surface area contributed by atoms with Gasteiger partial charge in [0.1, 0.15) is 5.60 Å². The number of H-pyrrole nitrogens is 1. The minimum absolute atomic E-state index is 0.0991. The molecule has 0 saturated carbocycles. The van der Waals surface area contributed by atoms with Crippen LogP contribution in [0.5, 0.6) is 0 Å². The van der Waals surface area contributed by atoms with Crippen LogP contribution in [-0.2, 0) is 18.6 Å². The average molecular weight is 309 g/mol. The van der Waals surface area contributed by atoms with Gasteiger partial charge in [-0.15, -0.1) is 0 Å². The first kappa shape index (κ1) is 14.2. The number of carbonyl (C=O) groups excluding carboxylic acids is 1. The molecule has 1 amide bonds. The molecule has 1 aromatic carbocycles. The van der Waals surface area contributed by atoms with Crippen molar-refractivity contribution in [3.05, 3.63) is 58.2 Å². The van der Waals surface area contributed by atoms with E-state index >= 15 is 0 Å². The first-order chi connectivity index (χ1) is 11.0. The number of benzene rings is 1. The Hall–Kier alpha value is -2.40. The summed E-state index contributed by atoms with van der Waals surface area (Å²) in [6, 6.07) is 3.90. The number of aliphatic hydroxyl groups is 1. The van der Waals surface area contributed by atoms with Crippen molar-refractivity contribution < 1.29 is 9.90 Å². The molecule has 5 heteroatoms. The molecule has 1 aliphatic heterocycles. The number of hydrogen-bond acceptors (Lipinski definition) is 3. The topological polar surface area (TPSA) is 69.2 Å². The van der Waals surface area contributed by atoms with Crippen LogP contribution in [-0.4, -0.2) is 32.9 Å². The number of imidazole rings is 1. The number of nitrogens with one attached hydrogen (secondary N) is 1. The first-order valence-electron chi connectivity index (χ1n) is 7.81. The van der Waals surface area contributed by atoms with E-state index in [4.69, 9.17) is 0 Å². The van der Waals surface area contributed by atoms with Gasteiger partial charge in [0.25, 0.3) is 5.91 Å². The second-order valence-corrected chi connectivity index (χ2v) is 6.53. The highest BCUT2D eigenvalue weighted by Crippen LogP contribution is 2.39. The molecule has 1 atom stereocenters. The lowest BCUT2D eigenvalue weighted by atomic mass is 9.80. The van der Waals surface area contributed by atoms with Gasteiger partial charge in [0.05, 0.1) is 18.2 Å². The van der Waals surface area contributed by atoms with E-state index in [0.29, 0.717) is 12.2 Å². The standard InChI is InChI=1S/C18H19N3O2/c1-18(23,16-8-19-10-20-16)12-4-6-13-11(7-12)3-5-14-15(13)9-21(2)17(14)22/h3,5,7-8,10,23H,4,6,9H2,1-2H3,(H,19,20). The fourth-order valence-corrected chi connectivity index (χ4v) is 3.64. The lowest BCUT2D eigenvalue weighted by Crippen LogP contribution is -2.26. The number of rotatable bonds is 2. The van der Waals surface area contributed by atoms with Crippen molar-refractivity contribution in [2.75, 3.05) is 7.05 Å². The third-order valence-electron chi connectivity index (χ3n) is 5.06. The molecule has 0 radical (unpaired) electrons. The van der Waals surface area contributed by atoms with Gasteiger partial charge in [-0.05, 0) is 48.1 Å². The van der Waals surface area contributed by atoms with Crippen molar-refractivity contribution in [1.82, 2.24) is 14.9 Å². The first-order valence-corrected chi connectivity index (χ1v) is 7.81. The van der Waals surface area contributed by atoms with Gasteiger partial charge in [-0.1, -0.05) is 12.1 Å². The number of amides is 1. The summed E-state index contributed by atoms with van der Waals surface area (Å²) in [4.78, 5) is 20.9. The zero-order valence-corrected chi connectivity index (χ0v) is 13.3. The van der Waals surface area contributed by atoms with Crippen molar-refractivity contribution >= 4 is 12.0 Å². The highest BCUT2D eigenvalue weighted by molar-refractivity contribution is 5.99. The Balaban J connectivity index is 1.78. The predicted molar refractivity (Wildman–Crippen MR) is 86.7 cm³/mol. The second kappa shape index (κ2) is 4.80. The van der Waals surface area contributed by atoms with E-state index in [0.717, 1.165) is 35.1 Å². The lowest BCUT2D eigenvalue weighted by Gasteiger charge is -2.29. The van der Waals surface area contributed by atoms with Crippen molar-refractivity contribution in [2.45, 2.75) is 31.9 Å². The molecule has 23 heavy (non-hydrogen) atoms. The fourth-order valence-electron chi connectivity index (χ4n) is 3.64. The van der Waals surface area contributed by atoms with Gasteiger partial charge in [-0.25, -0.2) is 4.98 Å². The molecule has 0 bridgehead atoms. The second-order valence-electron chi connectivity index (χ2n) is 6.53. The molecule has 0 saturated heterocycles. The maximum Gasteiger partial charge on any atom is 0.254 e. The van der Waals surface area contributed by atoms with Gasteiger partial charge in [-0.2, -0.15) is 0 Å². The smallest absolute Gasteiger partial charge is 0.254 e. The summed E-state index contributed by atoms with van der Waals surface area (Å²) in [7, 11) is 1.84. The highest BCUT2D eigenvalue weighted by Gasteiger charge is 2.34. The summed E-state index contributed by atoms with van der Waals surface area (Å²) >= 11 is 0. The van der Waals surface area contributed by atoms with Gasteiger partial charge >= 0.3 is 0 Å². The zero-order valence-electron chi connectivity index (χ0n) is 13.3. The number of hydrogen-bond donors (Lipinski definition) is 2. The molecule has 4 rings (SSSR count). The molecular weight excluding hydrogens is 290 g/mol. The molecule has 1 unspecified atom stereocenters. The molecule has 2 N–H and O–H groups in total. The van der Waals surface area contributed by atoms with Gasteiger partial charge in [-0.3, -0.25) is 4.79 Å². The number of aromatic nitrogens is 2. The van der Waals surface area contributed by atoms with Crippen LogP contribution in [0.4, 0.5) is 0 Å². The molecule has 1 aliphatic carbocycles. The summed E-state index contributed by atoms with van der Waals surface area (Å²) in [5.74, 6) is 0.0991. The maximum atomic E-state index is 12.1. The minimum Gasteiger partial charge on any atom is -0.379 e. The molecule has 2 aromatic rings. The van der Waals surface area contributed by atoms with Crippen molar-refractivity contribution in [2.24, 2.45) is 0 Å². The van der Waals surface area contributed by atoms with Crippen LogP contribution < -0.4 is 0 Å². The monoisotopic (exact) mass is 309 g/mol. The Labute approximate surface area is 134 Å². The van der Waals surface area contributed by atoms with E-state index in [-0.39, 0.29) is 5.91 Å². The van der Waals surface area contributed by atoms with Crippen molar-refractivity contribution in [3.63, 3.8) is 0 Å². The van der Waals surface area contributed by atoms with Crippen LogP contribution >= 0.6 is 0 Å². The lowest BCUT2D eigenvalue weighted by molar-refractivity contribution is 0.0816. The highest BCUT2D eigenvalue weighted by atomic mass is 16.3. The largest absolute Gasteiger partial charge is 0.379 e. The SMILES string of the molecule is CN1Cc2c(ccc3c2CCC(C(C)(O)c2cnc[nH]2)=C3)C1=O. The molecule has 0 spiro atoms. The fraction of sp³-hybridized carbons (Fsp3) is 0.333. The molecule has 2 aliphatic rings. The van der Waals surface area contributed by atoms with E-state index in [1.807, 2.05) is 19.2 Å². The van der Waals surface area contributed by atoms with Crippen LogP contribution in [0.15, 0.2) is 30.2 Å². The number of fused-ring (bicyclic) bond motifs is 3. The zero-order chi connectivity index (χ0) is 16.2. The van der Waals surface area contributed by atoms with Gasteiger partial charge in [0.2, 0.25) is 0 Å². The minimum atomic E-state index is -1.06. The van der Waals surface area contributed by atoms with Crippen LogP contribution in [0.3, 0.4) is 0 Å². The summed E-state index contributed by atoms with van der Waals surface area (Å²) in [5, 5.41) is 10.9. The maximum absolute atomic E-state index is 12.1. The third kappa shape index (κ3) is 2.04. The summed E-state index contributed by atoms with van der Waals surface area (Å²) in [6.07, 6.45) is 6.91. The Kier molecular flexibility index (Phi) is 2.96. The third-order valence-corrected chi connectivity index (χ3v) is 5.06. The van der Waals surface area contributed by atoms with Gasteiger partial charge < -0.3 is 15.0 Å². The van der Waals surface area contributed by atoms with E-state index in [9.17, 15) is 9.90 Å². The summed E-state index contributed by atoms with van der Waals surface area (Å²) < 4.78 is 0. The van der Waals surface area contributed by atoms with Crippen molar-refractivity contribution in [1.29, 1.82) is 0 Å². The number of aromatic amines is 1. The number of nitrogens with zero attached hydrogens (tertiary/aromatic N) is 2. The molecule has 0 fully saturated rings. The van der Waals surface area contributed by atoms with Crippen LogP contribution in [0.2, 0.25) is 0 Å². The van der Waals surface area contributed by atoms with E-state index < -0.39 is 5.60 Å². The van der Waals surface area contributed by atoms with Gasteiger partial charge in [0.15, 0.2) is 0 Å². The molecule has 1 aromatic heterocycles. The number of carbonyl (C=O) groups is 1. The Morgan fingerprint density at radius 2 is 2.13 bits per heavy atom. The Morgan fingerprint density at radius 3 is 2.87 bits per heavy atom. The Bertz CT molecular complexity index is 819. The predicted octanol–water partition coefficient (Wildman–Crippen LogP) is 2.23. The van der Waals surface area contributed by atoms with Crippen LogP contribution in [0.1, 0.15) is 46.1 Å². The molecular formula is C18H19N3O2. The molecule has 5 nitrogen and oxygen atoms in total. The van der Waals surface area contributed by atoms with E-state index in [1.165, 1.54) is 5.56 Å². The van der Waals surface area contributed by atoms with Gasteiger partial charge in [0, 0.05) is 19.2 Å². The summed E-state index contributed by atoms with van der Waals surface area (Å²) in [6.45, 7) is 2.47. The van der Waals surface area contributed by atoms with Crippen LogP contribution in [0.25, 0.3) is 6.08 Å². The molecule has 2 heterocycles. The normalized spacial score (nSPS) is 19.2. The summed E-state index contributed by atoms with van der Waals surface area (Å²) in [5.41, 5.74) is 4.92. The quantitative estimate of drug-likeness (QED) is 0.894. The van der Waals surface area contributed by atoms with Crippen molar-refractivity contribution in [3.8, 4) is 0 Å². The Morgan fingerprint density at radius 1 is 1.30 bits per heavy atom. The van der Waals surface area contributed by atoms with E-state index in [2.05, 4.69) is 16.0 Å². The van der Waals surface area contributed by atoms with E-state index in [1.54, 1.807) is 24.3 Å². The molecule has 118 valence electrons. The average Bonchev–Trinajstić information content (AvgIpc) is 3.17.